The average Bonchev–Trinajstić information content (AvgIpc) is 3.04. The summed E-state index contributed by atoms with van der Waals surface area (Å²) in [5.74, 6) is 1.18. The lowest BCUT2D eigenvalue weighted by Gasteiger charge is -2.08. The van der Waals surface area contributed by atoms with E-state index in [0.717, 1.165) is 21.8 Å². The Balaban J connectivity index is 1.80. The van der Waals surface area contributed by atoms with Gasteiger partial charge in [0, 0.05) is 17.4 Å². The van der Waals surface area contributed by atoms with Crippen LogP contribution < -0.4 is 9.47 Å². The molecule has 0 aliphatic heterocycles. The zero-order valence-electron chi connectivity index (χ0n) is 12.9. The minimum absolute atomic E-state index is 0.241. The number of methoxy groups -OCH3 is 2. The van der Waals surface area contributed by atoms with Crippen molar-refractivity contribution < 1.29 is 13.9 Å². The molecule has 0 aliphatic carbocycles. The van der Waals surface area contributed by atoms with Crippen molar-refractivity contribution in [2.75, 3.05) is 14.2 Å². The molecule has 0 saturated heterocycles. The van der Waals surface area contributed by atoms with Gasteiger partial charge in [-0.3, -0.25) is 0 Å². The number of rotatable bonds is 5. The molecular weight excluding hydrogens is 313 g/mol. The van der Waals surface area contributed by atoms with E-state index in [-0.39, 0.29) is 5.82 Å². The van der Waals surface area contributed by atoms with Crippen molar-refractivity contribution in [2.24, 2.45) is 0 Å². The van der Waals surface area contributed by atoms with Gasteiger partial charge in [0.25, 0.3) is 0 Å². The van der Waals surface area contributed by atoms with Crippen LogP contribution in [-0.4, -0.2) is 19.2 Å². The number of hydrogen-bond donors (Lipinski definition) is 0. The number of nitrogens with zero attached hydrogens (tertiary/aromatic N) is 1. The van der Waals surface area contributed by atoms with Crippen LogP contribution in [-0.2, 0) is 6.42 Å². The van der Waals surface area contributed by atoms with Gasteiger partial charge in [-0.05, 0) is 42.0 Å². The van der Waals surface area contributed by atoms with E-state index in [1.807, 2.05) is 23.6 Å². The third-order valence-corrected chi connectivity index (χ3v) is 4.34. The third kappa shape index (κ3) is 3.51. The Morgan fingerprint density at radius 2 is 1.74 bits per heavy atom. The highest BCUT2D eigenvalue weighted by atomic mass is 32.1. The standard InChI is InChI=1S/C18H16FNO2S/c1-21-16-8-3-12(9-17(16)22-2)10-18-20-15(11-23-18)13-4-6-14(19)7-5-13/h3-9,11H,10H2,1-2H3. The molecule has 0 unspecified atom stereocenters. The third-order valence-electron chi connectivity index (χ3n) is 3.50. The Kier molecular flexibility index (Phi) is 4.57. The van der Waals surface area contributed by atoms with Crippen molar-refractivity contribution in [3.63, 3.8) is 0 Å². The topological polar surface area (TPSA) is 31.4 Å². The lowest BCUT2D eigenvalue weighted by atomic mass is 10.1. The van der Waals surface area contributed by atoms with Gasteiger partial charge in [0.1, 0.15) is 5.82 Å². The molecule has 0 radical (unpaired) electrons. The zero-order chi connectivity index (χ0) is 16.2. The highest BCUT2D eigenvalue weighted by molar-refractivity contribution is 7.10. The molecule has 0 amide bonds. The van der Waals surface area contributed by atoms with Crippen LogP contribution >= 0.6 is 11.3 Å². The van der Waals surface area contributed by atoms with Gasteiger partial charge in [0.15, 0.2) is 11.5 Å². The summed E-state index contributed by atoms with van der Waals surface area (Å²) in [7, 11) is 3.24. The molecule has 2 aromatic carbocycles. The molecule has 118 valence electrons. The second-order valence-corrected chi connectivity index (χ2v) is 5.94. The SMILES string of the molecule is COc1ccc(Cc2nc(-c3ccc(F)cc3)cs2)cc1OC. The summed E-state index contributed by atoms with van der Waals surface area (Å²) in [6.07, 6.45) is 0.714. The second-order valence-electron chi connectivity index (χ2n) is 5.00. The quantitative estimate of drug-likeness (QED) is 0.688. The normalized spacial score (nSPS) is 10.6. The Labute approximate surface area is 138 Å². The molecule has 1 heterocycles. The fourth-order valence-electron chi connectivity index (χ4n) is 2.31. The van der Waals surface area contributed by atoms with Gasteiger partial charge in [0.2, 0.25) is 0 Å². The van der Waals surface area contributed by atoms with Gasteiger partial charge in [-0.2, -0.15) is 0 Å². The highest BCUT2D eigenvalue weighted by Gasteiger charge is 2.09. The van der Waals surface area contributed by atoms with Crippen molar-refractivity contribution in [2.45, 2.75) is 6.42 Å². The fourth-order valence-corrected chi connectivity index (χ4v) is 3.15. The number of benzene rings is 2. The summed E-state index contributed by atoms with van der Waals surface area (Å²) < 4.78 is 23.6. The molecule has 0 bridgehead atoms. The van der Waals surface area contributed by atoms with Crippen molar-refractivity contribution in [1.82, 2.24) is 4.98 Å². The summed E-state index contributed by atoms with van der Waals surface area (Å²) in [5.41, 5.74) is 2.88. The summed E-state index contributed by atoms with van der Waals surface area (Å²) in [5, 5.41) is 2.99. The van der Waals surface area contributed by atoms with Crippen LogP contribution in [0.5, 0.6) is 11.5 Å². The van der Waals surface area contributed by atoms with Crippen LogP contribution in [0.3, 0.4) is 0 Å². The Morgan fingerprint density at radius 1 is 1.00 bits per heavy atom. The smallest absolute Gasteiger partial charge is 0.160 e. The molecule has 0 saturated carbocycles. The van der Waals surface area contributed by atoms with E-state index >= 15 is 0 Å². The molecule has 3 nitrogen and oxygen atoms in total. The molecular formula is C18H16FNO2S. The van der Waals surface area contributed by atoms with E-state index in [1.165, 1.54) is 12.1 Å². The van der Waals surface area contributed by atoms with Crippen molar-refractivity contribution in [3.8, 4) is 22.8 Å². The number of aromatic nitrogens is 1. The number of hydrogen-bond acceptors (Lipinski definition) is 4. The number of ether oxygens (including phenoxy) is 2. The Hall–Kier alpha value is -2.40. The van der Waals surface area contributed by atoms with E-state index < -0.39 is 0 Å². The van der Waals surface area contributed by atoms with Crippen LogP contribution in [0.1, 0.15) is 10.6 Å². The molecule has 1 aromatic heterocycles. The Morgan fingerprint density at radius 3 is 2.43 bits per heavy atom. The van der Waals surface area contributed by atoms with Gasteiger partial charge in [0.05, 0.1) is 24.9 Å². The molecule has 3 aromatic rings. The lowest BCUT2D eigenvalue weighted by Crippen LogP contribution is -1.93. The molecule has 0 fully saturated rings. The monoisotopic (exact) mass is 329 g/mol. The number of halogens is 1. The molecule has 0 spiro atoms. The zero-order valence-corrected chi connectivity index (χ0v) is 13.7. The van der Waals surface area contributed by atoms with Gasteiger partial charge in [-0.15, -0.1) is 11.3 Å². The highest BCUT2D eigenvalue weighted by Crippen LogP contribution is 2.29. The Bertz CT molecular complexity index is 799. The maximum absolute atomic E-state index is 13.0. The van der Waals surface area contributed by atoms with Crippen LogP contribution in [0.2, 0.25) is 0 Å². The van der Waals surface area contributed by atoms with Crippen LogP contribution in [0.25, 0.3) is 11.3 Å². The van der Waals surface area contributed by atoms with Crippen molar-refractivity contribution in [1.29, 1.82) is 0 Å². The second kappa shape index (κ2) is 6.79. The van der Waals surface area contributed by atoms with E-state index in [0.29, 0.717) is 17.9 Å². The van der Waals surface area contributed by atoms with Gasteiger partial charge in [-0.25, -0.2) is 9.37 Å². The summed E-state index contributed by atoms with van der Waals surface area (Å²) in [6.45, 7) is 0. The molecule has 23 heavy (non-hydrogen) atoms. The average molecular weight is 329 g/mol. The van der Waals surface area contributed by atoms with Crippen molar-refractivity contribution >= 4 is 11.3 Å². The first-order valence-corrected chi connectivity index (χ1v) is 7.99. The summed E-state index contributed by atoms with van der Waals surface area (Å²) in [6, 6.07) is 12.2. The first-order valence-electron chi connectivity index (χ1n) is 7.11. The van der Waals surface area contributed by atoms with Crippen LogP contribution in [0.4, 0.5) is 4.39 Å². The molecule has 3 rings (SSSR count). The fraction of sp³-hybridized carbons (Fsp3) is 0.167. The lowest BCUT2D eigenvalue weighted by molar-refractivity contribution is 0.354. The predicted octanol–water partition coefficient (Wildman–Crippen LogP) is 4.56. The van der Waals surface area contributed by atoms with Crippen LogP contribution in [0, 0.1) is 5.82 Å². The van der Waals surface area contributed by atoms with E-state index in [2.05, 4.69) is 4.98 Å². The van der Waals surface area contributed by atoms with E-state index in [9.17, 15) is 4.39 Å². The molecule has 5 heteroatoms. The van der Waals surface area contributed by atoms with Crippen molar-refractivity contribution in [3.05, 3.63) is 64.2 Å². The molecule has 0 atom stereocenters. The predicted molar refractivity (Wildman–Crippen MR) is 89.9 cm³/mol. The largest absolute Gasteiger partial charge is 0.493 e. The first kappa shape index (κ1) is 15.5. The van der Waals surface area contributed by atoms with E-state index in [1.54, 1.807) is 37.7 Å². The molecule has 0 N–H and O–H groups in total. The molecule has 0 aliphatic rings. The van der Waals surface area contributed by atoms with Gasteiger partial charge in [-0.1, -0.05) is 6.07 Å². The van der Waals surface area contributed by atoms with Gasteiger partial charge < -0.3 is 9.47 Å². The minimum Gasteiger partial charge on any atom is -0.493 e. The van der Waals surface area contributed by atoms with E-state index in [4.69, 9.17) is 9.47 Å². The summed E-state index contributed by atoms with van der Waals surface area (Å²) >= 11 is 1.59. The maximum atomic E-state index is 13.0. The summed E-state index contributed by atoms with van der Waals surface area (Å²) in [4.78, 5) is 4.63. The minimum atomic E-state index is -0.241. The number of thiazole rings is 1. The van der Waals surface area contributed by atoms with Gasteiger partial charge >= 0.3 is 0 Å². The first-order chi connectivity index (χ1) is 11.2. The maximum Gasteiger partial charge on any atom is 0.160 e. The van der Waals surface area contributed by atoms with Crippen LogP contribution in [0.15, 0.2) is 47.8 Å².